The first-order chi connectivity index (χ1) is 10.5. The molecule has 0 spiro atoms. The molecule has 0 aliphatic heterocycles. The van der Waals surface area contributed by atoms with Gasteiger partial charge in [0.05, 0.1) is 0 Å². The van der Waals surface area contributed by atoms with E-state index in [1.807, 2.05) is 18.2 Å². The lowest BCUT2D eigenvalue weighted by atomic mass is 10.0. The Kier molecular flexibility index (Phi) is 3.75. The minimum Gasteiger partial charge on any atom is -0.349 e. The molecule has 1 aliphatic rings. The van der Waals surface area contributed by atoms with Crippen LogP contribution in [0.2, 0.25) is 0 Å². The number of halogens is 1. The van der Waals surface area contributed by atoms with Crippen LogP contribution >= 0.6 is 0 Å². The maximum atomic E-state index is 12.9. The third-order valence-electron chi connectivity index (χ3n) is 3.99. The van der Waals surface area contributed by atoms with Gasteiger partial charge in [-0.25, -0.2) is 4.39 Å². The second-order valence-corrected chi connectivity index (χ2v) is 5.63. The Morgan fingerprint density at radius 1 is 1.00 bits per heavy atom. The van der Waals surface area contributed by atoms with Crippen molar-refractivity contribution in [2.75, 3.05) is 0 Å². The van der Waals surface area contributed by atoms with Crippen LogP contribution in [0.1, 0.15) is 38.8 Å². The highest BCUT2D eigenvalue weighted by Crippen LogP contribution is 2.24. The van der Waals surface area contributed by atoms with Crippen LogP contribution in [0, 0.1) is 5.82 Å². The van der Waals surface area contributed by atoms with Crippen LogP contribution in [0.25, 0.3) is 0 Å². The number of Topliss-reactive ketones (excluding diaryl/α,β-unsaturated/α-hetero) is 1. The van der Waals surface area contributed by atoms with Crippen molar-refractivity contribution in [2.45, 2.75) is 25.8 Å². The fraction of sp³-hybridized carbons (Fsp3) is 0.222. The highest BCUT2D eigenvalue weighted by atomic mass is 19.1. The summed E-state index contributed by atoms with van der Waals surface area (Å²) >= 11 is 0. The number of fused-ring (bicyclic) bond motifs is 1. The van der Waals surface area contributed by atoms with E-state index in [0.29, 0.717) is 17.5 Å². The maximum absolute atomic E-state index is 12.9. The molecule has 3 nitrogen and oxygen atoms in total. The van der Waals surface area contributed by atoms with Gasteiger partial charge in [0.25, 0.3) is 5.91 Å². The number of hydrogen-bond acceptors (Lipinski definition) is 2. The van der Waals surface area contributed by atoms with Crippen LogP contribution in [0.15, 0.2) is 42.5 Å². The number of rotatable bonds is 3. The zero-order chi connectivity index (χ0) is 15.7. The summed E-state index contributed by atoms with van der Waals surface area (Å²) in [4.78, 5) is 23.6. The first kappa shape index (κ1) is 14.4. The van der Waals surface area contributed by atoms with E-state index < -0.39 is 0 Å². The molecule has 0 bridgehead atoms. The fourth-order valence-electron chi connectivity index (χ4n) is 2.81. The highest BCUT2D eigenvalue weighted by molar-refractivity contribution is 5.95. The lowest BCUT2D eigenvalue weighted by molar-refractivity contribution is 0.0937. The van der Waals surface area contributed by atoms with Gasteiger partial charge in [0.1, 0.15) is 5.82 Å². The quantitative estimate of drug-likeness (QED) is 0.885. The van der Waals surface area contributed by atoms with Gasteiger partial charge in [-0.15, -0.1) is 0 Å². The van der Waals surface area contributed by atoms with Crippen LogP contribution in [-0.2, 0) is 12.8 Å². The lowest BCUT2D eigenvalue weighted by Gasteiger charge is -2.11. The highest BCUT2D eigenvalue weighted by Gasteiger charge is 2.23. The minimum atomic E-state index is -0.360. The summed E-state index contributed by atoms with van der Waals surface area (Å²) in [6, 6.07) is 11.2. The van der Waals surface area contributed by atoms with E-state index in [2.05, 4.69) is 5.32 Å². The van der Waals surface area contributed by atoms with Gasteiger partial charge in [0.2, 0.25) is 0 Å². The molecule has 1 aliphatic carbocycles. The monoisotopic (exact) mass is 297 g/mol. The van der Waals surface area contributed by atoms with Gasteiger partial charge in [0.15, 0.2) is 5.78 Å². The van der Waals surface area contributed by atoms with Gasteiger partial charge >= 0.3 is 0 Å². The van der Waals surface area contributed by atoms with E-state index >= 15 is 0 Å². The molecule has 0 heterocycles. The number of benzene rings is 2. The summed E-state index contributed by atoms with van der Waals surface area (Å²) in [5, 5.41) is 2.96. The zero-order valence-corrected chi connectivity index (χ0v) is 12.2. The molecule has 0 saturated carbocycles. The number of ketones is 1. The molecule has 2 aromatic rings. The second-order valence-electron chi connectivity index (χ2n) is 5.63. The molecular formula is C18H16FNO2. The summed E-state index contributed by atoms with van der Waals surface area (Å²) in [6.07, 6.45) is 1.46. The summed E-state index contributed by atoms with van der Waals surface area (Å²) < 4.78 is 12.9. The van der Waals surface area contributed by atoms with Crippen molar-refractivity contribution >= 4 is 11.7 Å². The molecule has 0 radical (unpaired) electrons. The Hall–Kier alpha value is -2.49. The van der Waals surface area contributed by atoms with E-state index in [4.69, 9.17) is 0 Å². The predicted molar refractivity (Wildman–Crippen MR) is 81.5 cm³/mol. The first-order valence-electron chi connectivity index (χ1n) is 7.22. The predicted octanol–water partition coefficient (Wildman–Crippen LogP) is 2.93. The Morgan fingerprint density at radius 2 is 1.64 bits per heavy atom. The first-order valence-corrected chi connectivity index (χ1v) is 7.22. The third-order valence-corrected chi connectivity index (χ3v) is 3.99. The van der Waals surface area contributed by atoms with Crippen molar-refractivity contribution in [1.29, 1.82) is 0 Å². The van der Waals surface area contributed by atoms with Crippen molar-refractivity contribution in [1.82, 2.24) is 5.32 Å². The van der Waals surface area contributed by atoms with Gasteiger partial charge in [-0.1, -0.05) is 12.1 Å². The molecule has 22 heavy (non-hydrogen) atoms. The fourth-order valence-corrected chi connectivity index (χ4v) is 2.81. The molecule has 4 heteroatoms. The summed E-state index contributed by atoms with van der Waals surface area (Å²) in [7, 11) is 0. The van der Waals surface area contributed by atoms with Crippen molar-refractivity contribution in [3.05, 3.63) is 70.5 Å². The molecule has 112 valence electrons. The largest absolute Gasteiger partial charge is 0.349 e. The van der Waals surface area contributed by atoms with E-state index in [-0.39, 0.29) is 23.5 Å². The van der Waals surface area contributed by atoms with Crippen molar-refractivity contribution in [2.24, 2.45) is 0 Å². The van der Waals surface area contributed by atoms with E-state index in [1.165, 1.54) is 24.3 Å². The molecule has 1 unspecified atom stereocenters. The van der Waals surface area contributed by atoms with Crippen LogP contribution in [0.5, 0.6) is 0 Å². The lowest BCUT2D eigenvalue weighted by Crippen LogP contribution is -2.35. The topological polar surface area (TPSA) is 46.2 Å². The number of hydrogen-bond donors (Lipinski definition) is 1. The molecule has 0 saturated heterocycles. The summed E-state index contributed by atoms with van der Waals surface area (Å²) in [5.41, 5.74) is 3.41. The number of nitrogens with one attached hydrogen (secondary N) is 1. The Labute approximate surface area is 128 Å². The molecule has 1 amide bonds. The Morgan fingerprint density at radius 3 is 2.32 bits per heavy atom. The van der Waals surface area contributed by atoms with Crippen LogP contribution < -0.4 is 5.32 Å². The molecule has 0 aromatic heterocycles. The maximum Gasteiger partial charge on any atom is 0.251 e. The normalized spacial score (nSPS) is 16.2. The molecule has 3 rings (SSSR count). The molecule has 1 atom stereocenters. The van der Waals surface area contributed by atoms with Crippen molar-refractivity contribution in [3.8, 4) is 0 Å². The number of carbonyl (C=O) groups excluding carboxylic acids is 2. The minimum absolute atomic E-state index is 0.00904. The summed E-state index contributed by atoms with van der Waals surface area (Å²) in [5.74, 6) is -0.521. The zero-order valence-electron chi connectivity index (χ0n) is 12.2. The molecule has 1 N–H and O–H groups in total. The van der Waals surface area contributed by atoms with Crippen LogP contribution in [-0.4, -0.2) is 17.7 Å². The van der Waals surface area contributed by atoms with Gasteiger partial charge in [0, 0.05) is 17.2 Å². The van der Waals surface area contributed by atoms with Crippen LogP contribution in [0.4, 0.5) is 4.39 Å². The van der Waals surface area contributed by atoms with Crippen molar-refractivity contribution < 1.29 is 14.0 Å². The van der Waals surface area contributed by atoms with Crippen LogP contribution in [0.3, 0.4) is 0 Å². The average molecular weight is 297 g/mol. The number of carbonyl (C=O) groups is 2. The van der Waals surface area contributed by atoms with Crippen molar-refractivity contribution in [3.63, 3.8) is 0 Å². The van der Waals surface area contributed by atoms with Gasteiger partial charge < -0.3 is 5.32 Å². The summed E-state index contributed by atoms with van der Waals surface area (Å²) in [6.45, 7) is 1.55. The molecular weight excluding hydrogens is 281 g/mol. The smallest absolute Gasteiger partial charge is 0.251 e. The van der Waals surface area contributed by atoms with Gasteiger partial charge in [-0.3, -0.25) is 9.59 Å². The number of amides is 1. The Bertz CT molecular complexity index is 737. The second kappa shape index (κ2) is 5.72. The van der Waals surface area contributed by atoms with E-state index in [0.717, 1.165) is 17.5 Å². The molecule has 0 fully saturated rings. The Balaban J connectivity index is 1.69. The SMILES string of the molecule is CC(=O)c1ccc2c(c1)CC(NC(=O)c1ccc(F)cc1)C2. The van der Waals surface area contributed by atoms with E-state index in [1.54, 1.807) is 6.92 Å². The van der Waals surface area contributed by atoms with Gasteiger partial charge in [-0.2, -0.15) is 0 Å². The van der Waals surface area contributed by atoms with E-state index in [9.17, 15) is 14.0 Å². The molecule has 2 aromatic carbocycles. The standard InChI is InChI=1S/C18H16FNO2/c1-11(21)13-2-3-14-9-17(10-15(14)8-13)20-18(22)12-4-6-16(19)7-5-12/h2-8,17H,9-10H2,1H3,(H,20,22). The average Bonchev–Trinajstić information content (AvgIpc) is 2.88. The third kappa shape index (κ3) is 2.91. The van der Waals surface area contributed by atoms with Gasteiger partial charge in [-0.05, 0) is 61.2 Å².